The fourth-order valence-corrected chi connectivity index (χ4v) is 3.47. The van der Waals surface area contributed by atoms with Crippen LogP contribution in [0.2, 0.25) is 0 Å². The predicted molar refractivity (Wildman–Crippen MR) is 121 cm³/mol. The quantitative estimate of drug-likeness (QED) is 0.590. The highest BCUT2D eigenvalue weighted by atomic mass is 15.1. The lowest BCUT2D eigenvalue weighted by Gasteiger charge is -2.28. The number of anilines is 2. The maximum absolute atomic E-state index is 3.98. The van der Waals surface area contributed by atoms with Crippen molar-refractivity contribution in [2.75, 3.05) is 4.90 Å². The number of benzene rings is 3. The van der Waals surface area contributed by atoms with E-state index in [0.29, 0.717) is 0 Å². The van der Waals surface area contributed by atoms with Crippen LogP contribution < -0.4 is 15.3 Å². The van der Waals surface area contributed by atoms with Crippen LogP contribution in [0, 0.1) is 13.8 Å². The molecule has 0 atom stereocenters. The molecule has 0 fully saturated rings. The zero-order valence-corrected chi connectivity index (χ0v) is 16.5. The molecular formula is C27H25N. The van der Waals surface area contributed by atoms with Gasteiger partial charge in [0.25, 0.3) is 0 Å². The molecule has 3 aromatic carbocycles. The highest BCUT2D eigenvalue weighted by Crippen LogP contribution is 2.33. The average Bonchev–Trinajstić information content (AvgIpc) is 2.72. The number of allylic oxidation sites excluding steroid dienone is 3. The van der Waals surface area contributed by atoms with Crippen molar-refractivity contribution in [3.8, 4) is 0 Å². The van der Waals surface area contributed by atoms with Gasteiger partial charge >= 0.3 is 0 Å². The smallest absolute Gasteiger partial charge is 0.0461 e. The Hall–Kier alpha value is -3.32. The van der Waals surface area contributed by atoms with Crippen LogP contribution >= 0.6 is 0 Å². The largest absolute Gasteiger partial charge is 0.311 e. The summed E-state index contributed by atoms with van der Waals surface area (Å²) in [5.74, 6) is 0. The molecule has 1 nitrogen and oxygen atoms in total. The summed E-state index contributed by atoms with van der Waals surface area (Å²) in [6, 6.07) is 25.9. The summed E-state index contributed by atoms with van der Waals surface area (Å²) in [6.45, 7) is 8.22. The van der Waals surface area contributed by atoms with Gasteiger partial charge in [-0.3, -0.25) is 0 Å². The summed E-state index contributed by atoms with van der Waals surface area (Å²) < 4.78 is 0. The SMILES string of the molecule is C=c1ccc(=C2C=CC(N(c3ccc(C)cc3)c3ccc(C)cc3)=CC2)cc1. The molecule has 1 aliphatic carbocycles. The summed E-state index contributed by atoms with van der Waals surface area (Å²) in [5.41, 5.74) is 7.42. The summed E-state index contributed by atoms with van der Waals surface area (Å²) >= 11 is 0. The lowest BCUT2D eigenvalue weighted by atomic mass is 10.0. The number of rotatable bonds is 3. The molecule has 0 N–H and O–H groups in total. The average molecular weight is 364 g/mol. The molecule has 0 aliphatic heterocycles. The molecule has 0 unspecified atom stereocenters. The van der Waals surface area contributed by atoms with E-state index in [1.54, 1.807) is 0 Å². The molecule has 0 saturated carbocycles. The zero-order valence-electron chi connectivity index (χ0n) is 16.5. The van der Waals surface area contributed by atoms with Crippen molar-refractivity contribution in [1.29, 1.82) is 0 Å². The fraction of sp³-hybridized carbons (Fsp3) is 0.111. The molecule has 0 saturated heterocycles. The Bertz CT molecular complexity index is 1080. The minimum Gasteiger partial charge on any atom is -0.311 e. The van der Waals surface area contributed by atoms with Gasteiger partial charge < -0.3 is 4.90 Å². The second-order valence-electron chi connectivity index (χ2n) is 7.40. The van der Waals surface area contributed by atoms with Crippen LogP contribution in [0.15, 0.2) is 96.7 Å². The van der Waals surface area contributed by atoms with Gasteiger partial charge in [-0.05, 0) is 66.6 Å². The van der Waals surface area contributed by atoms with Crippen molar-refractivity contribution in [1.82, 2.24) is 0 Å². The fourth-order valence-electron chi connectivity index (χ4n) is 3.47. The maximum atomic E-state index is 3.98. The lowest BCUT2D eigenvalue weighted by Crippen LogP contribution is -2.17. The van der Waals surface area contributed by atoms with Crippen LogP contribution in [0.25, 0.3) is 12.2 Å². The number of hydrogen-bond acceptors (Lipinski definition) is 1. The monoisotopic (exact) mass is 363 g/mol. The van der Waals surface area contributed by atoms with Crippen molar-refractivity contribution < 1.29 is 0 Å². The van der Waals surface area contributed by atoms with E-state index in [-0.39, 0.29) is 0 Å². The van der Waals surface area contributed by atoms with E-state index in [2.05, 4.69) is 116 Å². The maximum Gasteiger partial charge on any atom is 0.0461 e. The Morgan fingerprint density at radius 1 is 0.679 bits per heavy atom. The zero-order chi connectivity index (χ0) is 19.5. The molecule has 1 aliphatic rings. The second-order valence-corrected chi connectivity index (χ2v) is 7.40. The van der Waals surface area contributed by atoms with Crippen LogP contribution in [0.1, 0.15) is 17.5 Å². The Kier molecular flexibility index (Phi) is 4.99. The number of hydrogen-bond donors (Lipinski definition) is 0. The minimum absolute atomic E-state index is 0.913. The highest BCUT2D eigenvalue weighted by molar-refractivity contribution is 5.73. The van der Waals surface area contributed by atoms with Gasteiger partial charge in [-0.1, -0.05) is 78.4 Å². The normalized spacial score (nSPS) is 13.4. The van der Waals surface area contributed by atoms with Crippen molar-refractivity contribution in [3.63, 3.8) is 0 Å². The number of aryl methyl sites for hydroxylation is 2. The van der Waals surface area contributed by atoms with Crippen LogP contribution in [0.3, 0.4) is 0 Å². The Morgan fingerprint density at radius 3 is 1.68 bits per heavy atom. The van der Waals surface area contributed by atoms with Gasteiger partial charge in [0.1, 0.15) is 0 Å². The van der Waals surface area contributed by atoms with Crippen molar-refractivity contribution in [2.24, 2.45) is 0 Å². The van der Waals surface area contributed by atoms with E-state index in [0.717, 1.165) is 11.6 Å². The van der Waals surface area contributed by atoms with Gasteiger partial charge in [-0.2, -0.15) is 0 Å². The van der Waals surface area contributed by atoms with E-state index >= 15 is 0 Å². The van der Waals surface area contributed by atoms with Gasteiger partial charge in [0, 0.05) is 17.1 Å². The van der Waals surface area contributed by atoms with Crippen LogP contribution in [0.4, 0.5) is 11.4 Å². The highest BCUT2D eigenvalue weighted by Gasteiger charge is 2.15. The third-order valence-corrected chi connectivity index (χ3v) is 5.15. The van der Waals surface area contributed by atoms with Crippen molar-refractivity contribution >= 4 is 23.5 Å². The van der Waals surface area contributed by atoms with E-state index in [1.807, 2.05) is 0 Å². The third-order valence-electron chi connectivity index (χ3n) is 5.15. The molecule has 28 heavy (non-hydrogen) atoms. The molecule has 3 aromatic rings. The van der Waals surface area contributed by atoms with Crippen LogP contribution in [0.5, 0.6) is 0 Å². The minimum atomic E-state index is 0.913. The molecule has 0 spiro atoms. The number of nitrogens with zero attached hydrogens (tertiary/aromatic N) is 1. The van der Waals surface area contributed by atoms with E-state index < -0.39 is 0 Å². The van der Waals surface area contributed by atoms with Gasteiger partial charge in [0.05, 0.1) is 0 Å². The van der Waals surface area contributed by atoms with Gasteiger partial charge in [0.2, 0.25) is 0 Å². The first kappa shape index (κ1) is 18.1. The van der Waals surface area contributed by atoms with E-state index in [1.165, 1.54) is 39.0 Å². The van der Waals surface area contributed by atoms with Crippen molar-refractivity contribution in [2.45, 2.75) is 20.3 Å². The summed E-state index contributed by atoms with van der Waals surface area (Å²) in [7, 11) is 0. The van der Waals surface area contributed by atoms with Crippen LogP contribution in [-0.2, 0) is 0 Å². The molecule has 0 bridgehead atoms. The third kappa shape index (κ3) is 3.84. The first-order valence-corrected chi connectivity index (χ1v) is 9.70. The molecular weight excluding hydrogens is 338 g/mol. The molecule has 0 aromatic heterocycles. The molecule has 0 radical (unpaired) electrons. The van der Waals surface area contributed by atoms with Gasteiger partial charge in [-0.15, -0.1) is 0 Å². The van der Waals surface area contributed by atoms with Crippen LogP contribution in [-0.4, -0.2) is 0 Å². The van der Waals surface area contributed by atoms with E-state index in [9.17, 15) is 0 Å². The van der Waals surface area contributed by atoms with E-state index in [4.69, 9.17) is 0 Å². The Morgan fingerprint density at radius 2 is 1.21 bits per heavy atom. The van der Waals surface area contributed by atoms with Gasteiger partial charge in [0.15, 0.2) is 0 Å². The first-order chi connectivity index (χ1) is 13.6. The van der Waals surface area contributed by atoms with Crippen molar-refractivity contribution in [3.05, 3.63) is 118 Å². The second kappa shape index (κ2) is 7.74. The summed E-state index contributed by atoms with van der Waals surface area (Å²) in [6.07, 6.45) is 7.68. The summed E-state index contributed by atoms with van der Waals surface area (Å²) in [4.78, 5) is 2.32. The molecule has 138 valence electrons. The predicted octanol–water partition coefficient (Wildman–Crippen LogP) is 5.55. The molecule has 1 heteroatoms. The lowest BCUT2D eigenvalue weighted by molar-refractivity contribution is 1.16. The first-order valence-electron chi connectivity index (χ1n) is 9.70. The summed E-state index contributed by atoms with van der Waals surface area (Å²) in [5, 5.41) is 2.31. The molecule has 4 rings (SSSR count). The van der Waals surface area contributed by atoms with Gasteiger partial charge in [-0.25, -0.2) is 0 Å². The standard InChI is InChI=1S/C27H25N/c1-20-4-10-23(11-5-20)24-12-18-27(19-13-24)28(25-14-6-21(2)7-15-25)26-16-8-22(3)9-17-26/h4-12,14-19H,1,13H2,2-3H3. The topological polar surface area (TPSA) is 3.24 Å². The molecule has 0 heterocycles. The Labute approximate surface area is 167 Å². The Balaban J connectivity index is 1.73. The molecule has 0 amide bonds.